The Morgan fingerprint density at radius 1 is 1.22 bits per heavy atom. The standard InChI is InChI=1S/C18H18ClN3O4S/c1-12-8-9-15(25-12)17-20-18(26-21-17)13-5-4-10-22(11-13)27(23,24)16-7-3-2-6-14(16)19/h2-3,6-9,13H,4-5,10-11H2,1H3. The van der Waals surface area contributed by atoms with E-state index in [1.165, 1.54) is 10.4 Å². The molecule has 1 aromatic carbocycles. The molecule has 27 heavy (non-hydrogen) atoms. The summed E-state index contributed by atoms with van der Waals surface area (Å²) in [5, 5.41) is 4.18. The topological polar surface area (TPSA) is 89.4 Å². The molecular formula is C18H18ClN3O4S. The highest BCUT2D eigenvalue weighted by Gasteiger charge is 2.34. The van der Waals surface area contributed by atoms with Gasteiger partial charge in [-0.05, 0) is 44.0 Å². The Labute approximate surface area is 162 Å². The lowest BCUT2D eigenvalue weighted by molar-refractivity contribution is 0.265. The Balaban J connectivity index is 1.57. The van der Waals surface area contributed by atoms with E-state index in [4.69, 9.17) is 20.5 Å². The van der Waals surface area contributed by atoms with E-state index in [-0.39, 0.29) is 22.4 Å². The number of aryl methyl sites for hydroxylation is 1. The molecule has 1 unspecified atom stereocenters. The molecule has 1 atom stereocenters. The number of hydrogen-bond acceptors (Lipinski definition) is 6. The summed E-state index contributed by atoms with van der Waals surface area (Å²) >= 11 is 6.10. The lowest BCUT2D eigenvalue weighted by Crippen LogP contribution is -2.39. The van der Waals surface area contributed by atoms with Crippen molar-refractivity contribution in [1.82, 2.24) is 14.4 Å². The summed E-state index contributed by atoms with van der Waals surface area (Å²) in [6.07, 6.45) is 1.47. The molecule has 7 nitrogen and oxygen atoms in total. The minimum absolute atomic E-state index is 0.115. The highest BCUT2D eigenvalue weighted by molar-refractivity contribution is 7.89. The predicted molar refractivity (Wildman–Crippen MR) is 98.9 cm³/mol. The van der Waals surface area contributed by atoms with Crippen LogP contribution in [0.3, 0.4) is 0 Å². The number of halogens is 1. The maximum atomic E-state index is 13.0. The van der Waals surface area contributed by atoms with E-state index in [0.29, 0.717) is 30.4 Å². The van der Waals surface area contributed by atoms with E-state index in [2.05, 4.69) is 10.1 Å². The van der Waals surface area contributed by atoms with Crippen LogP contribution in [0.4, 0.5) is 0 Å². The van der Waals surface area contributed by atoms with Gasteiger partial charge in [0.2, 0.25) is 21.7 Å². The van der Waals surface area contributed by atoms with Crippen molar-refractivity contribution in [1.29, 1.82) is 0 Å². The second kappa shape index (κ2) is 7.10. The molecule has 3 aromatic rings. The van der Waals surface area contributed by atoms with Crippen molar-refractivity contribution in [3.8, 4) is 11.6 Å². The maximum absolute atomic E-state index is 13.0. The Bertz CT molecular complexity index is 1060. The summed E-state index contributed by atoms with van der Waals surface area (Å²) in [4.78, 5) is 4.52. The minimum Gasteiger partial charge on any atom is -0.458 e. The largest absolute Gasteiger partial charge is 0.458 e. The molecule has 1 saturated heterocycles. The lowest BCUT2D eigenvalue weighted by atomic mass is 10.00. The summed E-state index contributed by atoms with van der Waals surface area (Å²) in [5.41, 5.74) is 0. The van der Waals surface area contributed by atoms with Crippen LogP contribution in [0.5, 0.6) is 0 Å². The molecule has 0 saturated carbocycles. The highest BCUT2D eigenvalue weighted by atomic mass is 35.5. The van der Waals surface area contributed by atoms with Crippen molar-refractivity contribution in [3.63, 3.8) is 0 Å². The van der Waals surface area contributed by atoms with E-state index in [9.17, 15) is 8.42 Å². The number of piperidine rings is 1. The zero-order valence-corrected chi connectivity index (χ0v) is 16.2. The highest BCUT2D eigenvalue weighted by Crippen LogP contribution is 2.32. The van der Waals surface area contributed by atoms with Crippen LogP contribution < -0.4 is 0 Å². The summed E-state index contributed by atoms with van der Waals surface area (Å²) < 4.78 is 38.3. The fraction of sp³-hybridized carbons (Fsp3) is 0.333. The molecule has 0 aliphatic carbocycles. The molecule has 4 rings (SSSR count). The average molecular weight is 408 g/mol. The first-order chi connectivity index (χ1) is 12.9. The number of hydrogen-bond donors (Lipinski definition) is 0. The number of rotatable bonds is 4. The van der Waals surface area contributed by atoms with Crippen LogP contribution in [-0.4, -0.2) is 36.0 Å². The normalized spacial score (nSPS) is 18.7. The smallest absolute Gasteiger partial charge is 0.244 e. The maximum Gasteiger partial charge on any atom is 0.244 e. The van der Waals surface area contributed by atoms with E-state index in [0.717, 1.165) is 12.2 Å². The van der Waals surface area contributed by atoms with Gasteiger partial charge in [0.15, 0.2) is 5.76 Å². The molecule has 9 heteroatoms. The molecular weight excluding hydrogens is 390 g/mol. The van der Waals surface area contributed by atoms with E-state index in [1.54, 1.807) is 24.3 Å². The molecule has 1 aliphatic heterocycles. The average Bonchev–Trinajstić information content (AvgIpc) is 3.31. The molecule has 0 radical (unpaired) electrons. The van der Waals surface area contributed by atoms with Gasteiger partial charge in [0.1, 0.15) is 10.7 Å². The lowest BCUT2D eigenvalue weighted by Gasteiger charge is -2.30. The Hall–Kier alpha value is -2.16. The molecule has 1 aliphatic rings. The van der Waals surface area contributed by atoms with Crippen LogP contribution >= 0.6 is 11.6 Å². The molecule has 142 valence electrons. The molecule has 0 amide bonds. The zero-order valence-electron chi connectivity index (χ0n) is 14.6. The number of aromatic nitrogens is 2. The van der Waals surface area contributed by atoms with Gasteiger partial charge in [0, 0.05) is 13.1 Å². The van der Waals surface area contributed by atoms with Gasteiger partial charge in [-0.25, -0.2) is 8.42 Å². The first-order valence-corrected chi connectivity index (χ1v) is 10.4. The zero-order chi connectivity index (χ0) is 19.0. The monoisotopic (exact) mass is 407 g/mol. The van der Waals surface area contributed by atoms with Gasteiger partial charge in [-0.15, -0.1) is 0 Å². The van der Waals surface area contributed by atoms with Gasteiger partial charge in [0.25, 0.3) is 0 Å². The first-order valence-electron chi connectivity index (χ1n) is 8.60. The molecule has 3 heterocycles. The van der Waals surface area contributed by atoms with Crippen molar-refractivity contribution in [3.05, 3.63) is 53.1 Å². The Morgan fingerprint density at radius 3 is 2.78 bits per heavy atom. The van der Waals surface area contributed by atoms with Crippen LogP contribution in [0.2, 0.25) is 5.02 Å². The third-order valence-electron chi connectivity index (χ3n) is 4.59. The van der Waals surface area contributed by atoms with Gasteiger partial charge in [-0.1, -0.05) is 28.9 Å². The van der Waals surface area contributed by atoms with Crippen LogP contribution in [0, 0.1) is 6.92 Å². The van der Waals surface area contributed by atoms with Gasteiger partial charge >= 0.3 is 0 Å². The van der Waals surface area contributed by atoms with E-state index in [1.807, 2.05) is 13.0 Å². The Kier molecular flexibility index (Phi) is 4.79. The van der Waals surface area contributed by atoms with Crippen molar-refractivity contribution in [2.24, 2.45) is 0 Å². The van der Waals surface area contributed by atoms with E-state index >= 15 is 0 Å². The summed E-state index contributed by atoms with van der Waals surface area (Å²) in [7, 11) is -3.68. The van der Waals surface area contributed by atoms with Crippen molar-refractivity contribution in [2.45, 2.75) is 30.6 Å². The van der Waals surface area contributed by atoms with Crippen LogP contribution in [0.25, 0.3) is 11.6 Å². The second-order valence-electron chi connectivity index (χ2n) is 6.50. The van der Waals surface area contributed by atoms with Gasteiger partial charge in [-0.2, -0.15) is 9.29 Å². The predicted octanol–water partition coefficient (Wildman–Crippen LogP) is 3.86. The number of furan rings is 1. The fourth-order valence-corrected chi connectivity index (χ4v) is 5.23. The molecule has 0 spiro atoms. The van der Waals surface area contributed by atoms with Crippen molar-refractivity contribution < 1.29 is 17.4 Å². The van der Waals surface area contributed by atoms with Gasteiger partial charge in [0.05, 0.1) is 10.9 Å². The third-order valence-corrected chi connectivity index (χ3v) is 6.96. The van der Waals surface area contributed by atoms with E-state index < -0.39 is 10.0 Å². The Morgan fingerprint density at radius 2 is 2.04 bits per heavy atom. The fourth-order valence-electron chi connectivity index (χ4n) is 3.21. The molecule has 0 N–H and O–H groups in total. The SMILES string of the molecule is Cc1ccc(-c2noc(C3CCCN(S(=O)(=O)c4ccccc4Cl)C3)n2)o1. The van der Waals surface area contributed by atoms with Gasteiger partial charge in [-0.3, -0.25) is 0 Å². The van der Waals surface area contributed by atoms with Crippen LogP contribution in [0.1, 0.15) is 30.4 Å². The summed E-state index contributed by atoms with van der Waals surface area (Å²) in [6.45, 7) is 2.54. The third kappa shape index (κ3) is 3.52. The number of benzene rings is 1. The van der Waals surface area contributed by atoms with Gasteiger partial charge < -0.3 is 8.94 Å². The second-order valence-corrected chi connectivity index (χ2v) is 8.81. The number of nitrogens with zero attached hydrogens (tertiary/aromatic N) is 3. The van der Waals surface area contributed by atoms with Crippen LogP contribution in [0.15, 0.2) is 50.2 Å². The van der Waals surface area contributed by atoms with Crippen molar-refractivity contribution in [2.75, 3.05) is 13.1 Å². The molecule has 1 fully saturated rings. The summed E-state index contributed by atoms with van der Waals surface area (Å²) in [5.74, 6) is 1.89. The summed E-state index contributed by atoms with van der Waals surface area (Å²) in [6, 6.07) is 10.1. The minimum atomic E-state index is -3.68. The molecule has 0 bridgehead atoms. The number of sulfonamides is 1. The molecule has 2 aromatic heterocycles. The first kappa shape index (κ1) is 18.2. The quantitative estimate of drug-likeness (QED) is 0.652. The van der Waals surface area contributed by atoms with Crippen molar-refractivity contribution >= 4 is 21.6 Å². The van der Waals surface area contributed by atoms with Crippen LogP contribution in [-0.2, 0) is 10.0 Å².